The number of Topliss-reactive ketones (excluding diaryl/α,β-unsaturated/α-hetero) is 1. The highest BCUT2D eigenvalue weighted by molar-refractivity contribution is 6.15. The number of anilines is 1. The van der Waals surface area contributed by atoms with E-state index in [1.807, 2.05) is 0 Å². The summed E-state index contributed by atoms with van der Waals surface area (Å²) in [6, 6.07) is 15.0. The van der Waals surface area contributed by atoms with Crippen LogP contribution >= 0.6 is 0 Å². The van der Waals surface area contributed by atoms with E-state index in [4.69, 9.17) is 9.47 Å². The van der Waals surface area contributed by atoms with E-state index in [0.29, 0.717) is 45.9 Å². The van der Waals surface area contributed by atoms with Crippen molar-refractivity contribution in [3.8, 4) is 5.75 Å². The molecule has 0 spiro atoms. The van der Waals surface area contributed by atoms with Crippen molar-refractivity contribution in [1.29, 1.82) is 0 Å². The van der Waals surface area contributed by atoms with Crippen LogP contribution in [0.2, 0.25) is 0 Å². The Morgan fingerprint density at radius 1 is 0.907 bits per heavy atom. The number of rotatable bonds is 8. The number of nitrogens with zero attached hydrogens (tertiary/aromatic N) is 1. The average Bonchev–Trinajstić information content (AvgIpc) is 3.00. The molecule has 0 aromatic heterocycles. The monoisotopic (exact) mass is 590 g/mol. The number of morpholine rings is 1. The van der Waals surface area contributed by atoms with Crippen LogP contribution in [0.1, 0.15) is 29.5 Å². The first-order valence-electron chi connectivity index (χ1n) is 14.3. The summed E-state index contributed by atoms with van der Waals surface area (Å²) >= 11 is 0. The maximum absolute atomic E-state index is 13.9. The summed E-state index contributed by atoms with van der Waals surface area (Å²) in [6.07, 6.45) is 3.42. The summed E-state index contributed by atoms with van der Waals surface area (Å²) in [4.78, 5) is 29.2. The highest BCUT2D eigenvalue weighted by atomic mass is 19.2. The standard InChI is InChI=1S/C34H33F3N2O4/c1-22-16-23(2-8-30(22)35)17-25-20-27(21-26(33(25)40)18-24-3-9-31(36)32(37)19-24)34(41)38-28-4-6-29(7-5-28)43-15-12-39-10-13-42-14-11-39/h2-9,16-19,27H,10-15,20-21H2,1H3,(H,38,41)/b25-17+,26-18+. The number of ketones is 1. The normalized spacial score (nSPS) is 19.5. The Bertz CT molecular complexity index is 1470. The van der Waals surface area contributed by atoms with E-state index in [0.717, 1.165) is 45.0 Å². The lowest BCUT2D eigenvalue weighted by Gasteiger charge is -2.26. The number of hydrogen-bond acceptors (Lipinski definition) is 5. The zero-order valence-corrected chi connectivity index (χ0v) is 23.9. The molecule has 43 heavy (non-hydrogen) atoms. The summed E-state index contributed by atoms with van der Waals surface area (Å²) in [7, 11) is 0. The molecule has 0 bridgehead atoms. The molecule has 3 aromatic carbocycles. The molecule has 224 valence electrons. The number of carbonyl (C=O) groups excluding carboxylic acids is 2. The fraction of sp³-hybridized carbons (Fsp3) is 0.294. The topological polar surface area (TPSA) is 67.9 Å². The summed E-state index contributed by atoms with van der Waals surface area (Å²) in [6.45, 7) is 6.21. The lowest BCUT2D eigenvalue weighted by Crippen LogP contribution is -2.38. The van der Waals surface area contributed by atoms with Crippen molar-refractivity contribution in [3.63, 3.8) is 0 Å². The van der Waals surface area contributed by atoms with Gasteiger partial charge in [-0.2, -0.15) is 0 Å². The van der Waals surface area contributed by atoms with Gasteiger partial charge in [-0.1, -0.05) is 12.1 Å². The summed E-state index contributed by atoms with van der Waals surface area (Å²) < 4.78 is 52.4. The van der Waals surface area contributed by atoms with Crippen LogP contribution in [0.3, 0.4) is 0 Å². The predicted octanol–water partition coefficient (Wildman–Crippen LogP) is 6.21. The van der Waals surface area contributed by atoms with Gasteiger partial charge in [-0.15, -0.1) is 0 Å². The number of aryl methyl sites for hydroxylation is 1. The lowest BCUT2D eigenvalue weighted by molar-refractivity contribution is -0.120. The first-order chi connectivity index (χ1) is 20.7. The van der Waals surface area contributed by atoms with Crippen molar-refractivity contribution in [1.82, 2.24) is 4.90 Å². The number of halogens is 3. The number of carbonyl (C=O) groups is 2. The van der Waals surface area contributed by atoms with Crippen molar-refractivity contribution in [2.24, 2.45) is 5.92 Å². The Labute approximate surface area is 248 Å². The quantitative estimate of drug-likeness (QED) is 0.316. The molecule has 3 aromatic rings. The minimum absolute atomic E-state index is 0.117. The fourth-order valence-electron chi connectivity index (χ4n) is 5.19. The molecule has 1 N–H and O–H groups in total. The van der Waals surface area contributed by atoms with E-state index in [1.54, 1.807) is 49.4 Å². The Morgan fingerprint density at radius 2 is 1.53 bits per heavy atom. The van der Waals surface area contributed by atoms with Crippen LogP contribution in [0, 0.1) is 30.3 Å². The maximum atomic E-state index is 13.9. The van der Waals surface area contributed by atoms with Crippen LogP contribution in [0.4, 0.5) is 18.9 Å². The Morgan fingerprint density at radius 3 is 2.16 bits per heavy atom. The number of nitrogens with one attached hydrogen (secondary N) is 1. The summed E-state index contributed by atoms with van der Waals surface area (Å²) in [5.74, 6) is -2.88. The molecule has 2 aliphatic rings. The molecular weight excluding hydrogens is 557 g/mol. The van der Waals surface area contributed by atoms with Gasteiger partial charge in [0, 0.05) is 42.4 Å². The van der Waals surface area contributed by atoms with Crippen molar-refractivity contribution < 1.29 is 32.2 Å². The number of allylic oxidation sites excluding steroid dienone is 2. The van der Waals surface area contributed by atoms with Crippen molar-refractivity contribution in [2.45, 2.75) is 19.8 Å². The predicted molar refractivity (Wildman–Crippen MR) is 159 cm³/mol. The molecule has 2 fully saturated rings. The van der Waals surface area contributed by atoms with Gasteiger partial charge >= 0.3 is 0 Å². The van der Waals surface area contributed by atoms with Crippen LogP contribution in [0.15, 0.2) is 71.8 Å². The van der Waals surface area contributed by atoms with Crippen LogP contribution < -0.4 is 10.1 Å². The van der Waals surface area contributed by atoms with E-state index in [-0.39, 0.29) is 30.3 Å². The molecule has 1 aliphatic heterocycles. The Hall–Kier alpha value is -4.21. The van der Waals surface area contributed by atoms with Crippen LogP contribution in [-0.4, -0.2) is 56.0 Å². The second kappa shape index (κ2) is 13.8. The SMILES string of the molecule is Cc1cc(/C=C2\CC(C(=O)Nc3ccc(OCCN4CCOCC4)cc3)C/C(=C\c3ccc(F)c(F)c3)C2=O)ccc1F. The van der Waals surface area contributed by atoms with Crippen LogP contribution in [0.5, 0.6) is 5.75 Å². The molecule has 1 heterocycles. The molecule has 1 atom stereocenters. The zero-order chi connectivity index (χ0) is 30.3. The highest BCUT2D eigenvalue weighted by Gasteiger charge is 2.32. The molecule has 5 rings (SSSR count). The van der Waals surface area contributed by atoms with Crippen LogP contribution in [0.25, 0.3) is 12.2 Å². The molecule has 6 nitrogen and oxygen atoms in total. The van der Waals surface area contributed by atoms with Gasteiger partial charge in [-0.05, 0) is 97.1 Å². The summed E-state index contributed by atoms with van der Waals surface area (Å²) in [5, 5.41) is 2.92. The minimum atomic E-state index is -1.03. The smallest absolute Gasteiger partial charge is 0.228 e. The average molecular weight is 591 g/mol. The van der Waals surface area contributed by atoms with E-state index in [2.05, 4.69) is 10.2 Å². The molecule has 1 amide bonds. The number of amides is 1. The molecule has 0 radical (unpaired) electrons. The van der Waals surface area contributed by atoms with Gasteiger partial charge in [0.25, 0.3) is 0 Å². The van der Waals surface area contributed by atoms with Gasteiger partial charge in [0.1, 0.15) is 18.2 Å². The molecule has 9 heteroatoms. The first-order valence-corrected chi connectivity index (χ1v) is 14.3. The van der Waals surface area contributed by atoms with Gasteiger partial charge in [-0.3, -0.25) is 14.5 Å². The van der Waals surface area contributed by atoms with Gasteiger partial charge < -0.3 is 14.8 Å². The van der Waals surface area contributed by atoms with E-state index in [9.17, 15) is 22.8 Å². The number of ether oxygens (including phenoxy) is 2. The van der Waals surface area contributed by atoms with Gasteiger partial charge in [-0.25, -0.2) is 13.2 Å². The minimum Gasteiger partial charge on any atom is -0.492 e. The number of benzene rings is 3. The van der Waals surface area contributed by atoms with Crippen molar-refractivity contribution in [2.75, 3.05) is 44.8 Å². The second-order valence-corrected chi connectivity index (χ2v) is 10.8. The molecule has 1 unspecified atom stereocenters. The van der Waals surface area contributed by atoms with Gasteiger partial charge in [0.05, 0.1) is 13.2 Å². The van der Waals surface area contributed by atoms with E-state index in [1.165, 1.54) is 18.2 Å². The third-order valence-corrected chi connectivity index (χ3v) is 7.60. The molecule has 1 saturated carbocycles. The third-order valence-electron chi connectivity index (χ3n) is 7.60. The van der Waals surface area contributed by atoms with E-state index >= 15 is 0 Å². The van der Waals surface area contributed by atoms with E-state index < -0.39 is 17.6 Å². The largest absolute Gasteiger partial charge is 0.492 e. The maximum Gasteiger partial charge on any atom is 0.228 e. The molecular formula is C34H33F3N2O4. The van der Waals surface area contributed by atoms with Crippen molar-refractivity contribution in [3.05, 3.63) is 106 Å². The van der Waals surface area contributed by atoms with Gasteiger partial charge in [0.15, 0.2) is 17.4 Å². The van der Waals surface area contributed by atoms with Crippen molar-refractivity contribution >= 4 is 29.5 Å². The lowest BCUT2D eigenvalue weighted by atomic mass is 9.79. The molecule has 1 aliphatic carbocycles. The zero-order valence-electron chi connectivity index (χ0n) is 23.9. The summed E-state index contributed by atoms with van der Waals surface area (Å²) in [5.41, 5.74) is 2.61. The Balaban J connectivity index is 1.30. The first kappa shape index (κ1) is 30.3. The molecule has 1 saturated heterocycles. The Kier molecular flexibility index (Phi) is 9.74. The second-order valence-electron chi connectivity index (χ2n) is 10.8. The van der Waals surface area contributed by atoms with Gasteiger partial charge in [0.2, 0.25) is 5.91 Å². The van der Waals surface area contributed by atoms with Crippen LogP contribution in [-0.2, 0) is 14.3 Å². The number of hydrogen-bond donors (Lipinski definition) is 1. The highest BCUT2D eigenvalue weighted by Crippen LogP contribution is 2.34. The fourth-order valence-corrected chi connectivity index (χ4v) is 5.19. The third kappa shape index (κ3) is 8.00.